The molecule has 1 heterocycles. The summed E-state index contributed by atoms with van der Waals surface area (Å²) in [5.41, 5.74) is 5.64. The quantitative estimate of drug-likeness (QED) is 0.719. The van der Waals surface area contributed by atoms with E-state index in [1.165, 1.54) is 11.3 Å². The molecule has 0 atom stereocenters. The lowest BCUT2D eigenvalue weighted by Gasteiger charge is -2.09. The van der Waals surface area contributed by atoms with Crippen molar-refractivity contribution >= 4 is 28.2 Å². The normalized spacial score (nSPS) is 17.2. The molecule has 0 bridgehead atoms. The minimum absolute atomic E-state index is 0.0205. The van der Waals surface area contributed by atoms with Crippen LogP contribution in [0.15, 0.2) is 0 Å². The summed E-state index contributed by atoms with van der Waals surface area (Å²) < 4.78 is 0. The Hall–Kier alpha value is -1.30. The largest absolute Gasteiger partial charge is 0.382 e. The molecule has 0 saturated heterocycles. The van der Waals surface area contributed by atoms with Gasteiger partial charge in [-0.2, -0.15) is 0 Å². The summed E-state index contributed by atoms with van der Waals surface area (Å²) in [5.74, 6) is 0.178. The van der Waals surface area contributed by atoms with E-state index in [0.29, 0.717) is 15.8 Å². The summed E-state index contributed by atoms with van der Waals surface area (Å²) in [6.45, 7) is 2.03. The molecule has 2 rings (SSSR count). The van der Waals surface area contributed by atoms with Crippen molar-refractivity contribution in [2.75, 3.05) is 18.1 Å². The molecule has 82 valence electrons. The summed E-state index contributed by atoms with van der Waals surface area (Å²) >= 11 is 1.28. The van der Waals surface area contributed by atoms with Crippen LogP contribution >= 0.6 is 11.3 Å². The van der Waals surface area contributed by atoms with Crippen molar-refractivity contribution in [2.45, 2.75) is 25.3 Å². The van der Waals surface area contributed by atoms with Crippen molar-refractivity contribution in [3.63, 3.8) is 0 Å². The molecule has 1 aliphatic rings. The lowest BCUT2D eigenvalue weighted by molar-refractivity contribution is 0.0940. The van der Waals surface area contributed by atoms with E-state index in [4.69, 9.17) is 5.73 Å². The highest BCUT2D eigenvalue weighted by molar-refractivity contribution is 7.18. The van der Waals surface area contributed by atoms with Gasteiger partial charge in [-0.1, -0.05) is 11.3 Å². The second-order valence-electron chi connectivity index (χ2n) is 4.00. The van der Waals surface area contributed by atoms with Crippen molar-refractivity contribution in [1.29, 1.82) is 0 Å². The van der Waals surface area contributed by atoms with E-state index in [1.54, 1.807) is 7.05 Å². The van der Waals surface area contributed by atoms with Gasteiger partial charge >= 0.3 is 0 Å². The van der Waals surface area contributed by atoms with Gasteiger partial charge in [0.25, 0.3) is 5.91 Å². The van der Waals surface area contributed by atoms with Crippen LogP contribution in [0.2, 0.25) is 0 Å². The topological polar surface area (TPSA) is 80.0 Å². The molecule has 15 heavy (non-hydrogen) atoms. The Kier molecular flexibility index (Phi) is 2.30. The fourth-order valence-corrected chi connectivity index (χ4v) is 1.98. The first-order valence-corrected chi connectivity index (χ1v) is 5.62. The van der Waals surface area contributed by atoms with E-state index in [-0.39, 0.29) is 11.4 Å². The summed E-state index contributed by atoms with van der Waals surface area (Å²) in [4.78, 5) is 16.3. The number of hydrogen-bond acceptors (Lipinski definition) is 5. The van der Waals surface area contributed by atoms with E-state index in [0.717, 1.165) is 12.8 Å². The van der Waals surface area contributed by atoms with Crippen LogP contribution in [0, 0.1) is 0 Å². The number of carbonyl (C=O) groups is 1. The van der Waals surface area contributed by atoms with Crippen LogP contribution in [0.5, 0.6) is 0 Å². The Morgan fingerprint density at radius 2 is 2.27 bits per heavy atom. The van der Waals surface area contributed by atoms with Crippen LogP contribution in [0.3, 0.4) is 0 Å². The highest BCUT2D eigenvalue weighted by Crippen LogP contribution is 2.35. The van der Waals surface area contributed by atoms with E-state index >= 15 is 0 Å². The molecule has 4 N–H and O–H groups in total. The van der Waals surface area contributed by atoms with Crippen LogP contribution in [0.25, 0.3) is 0 Å². The number of thiazole rings is 1. The molecule has 0 radical (unpaired) electrons. The Morgan fingerprint density at radius 1 is 1.60 bits per heavy atom. The minimum atomic E-state index is -0.119. The molecule has 1 amide bonds. The van der Waals surface area contributed by atoms with Crippen molar-refractivity contribution in [3.05, 3.63) is 4.88 Å². The van der Waals surface area contributed by atoms with Crippen molar-refractivity contribution in [1.82, 2.24) is 10.3 Å². The fourth-order valence-electron chi connectivity index (χ4n) is 1.24. The highest BCUT2D eigenvalue weighted by atomic mass is 32.1. The average molecular weight is 226 g/mol. The first-order chi connectivity index (χ1) is 7.04. The summed E-state index contributed by atoms with van der Waals surface area (Å²) in [6.07, 6.45) is 2.08. The van der Waals surface area contributed by atoms with Gasteiger partial charge < -0.3 is 16.4 Å². The van der Waals surface area contributed by atoms with Gasteiger partial charge in [-0.05, 0) is 19.8 Å². The number of nitrogen functional groups attached to an aromatic ring is 1. The third kappa shape index (κ3) is 2.04. The Morgan fingerprint density at radius 3 is 2.73 bits per heavy atom. The first kappa shape index (κ1) is 10.2. The van der Waals surface area contributed by atoms with E-state index in [9.17, 15) is 4.79 Å². The van der Waals surface area contributed by atoms with Gasteiger partial charge in [-0.25, -0.2) is 4.98 Å². The predicted octanol–water partition coefficient (Wildman–Crippen LogP) is 1.05. The highest BCUT2D eigenvalue weighted by Gasteiger charge is 2.39. The lowest BCUT2D eigenvalue weighted by Crippen LogP contribution is -2.34. The maximum Gasteiger partial charge on any atom is 0.265 e. The molecule has 1 aliphatic carbocycles. The number of rotatable bonds is 3. The second-order valence-corrected chi connectivity index (χ2v) is 5.00. The standard InChI is InChI=1S/C9H14N4OS/c1-9(3-4-9)13-7(14)5-6(10)12-8(11-2)15-5/h3-4,10H2,1-2H3,(H,11,12)(H,13,14). The molecular weight excluding hydrogens is 212 g/mol. The first-order valence-electron chi connectivity index (χ1n) is 4.81. The number of aromatic nitrogens is 1. The molecule has 1 fully saturated rings. The predicted molar refractivity (Wildman–Crippen MR) is 61.2 cm³/mol. The van der Waals surface area contributed by atoms with Crippen LogP contribution in [-0.4, -0.2) is 23.5 Å². The van der Waals surface area contributed by atoms with Gasteiger partial charge in [-0.3, -0.25) is 4.79 Å². The zero-order chi connectivity index (χ0) is 11.1. The third-order valence-corrected chi connectivity index (χ3v) is 3.58. The molecule has 0 unspecified atom stereocenters. The summed E-state index contributed by atoms with van der Waals surface area (Å²) in [5, 5.41) is 6.48. The SMILES string of the molecule is CNc1nc(N)c(C(=O)NC2(C)CC2)s1. The molecule has 1 aromatic heterocycles. The van der Waals surface area contributed by atoms with Crippen molar-refractivity contribution < 1.29 is 4.79 Å². The summed E-state index contributed by atoms with van der Waals surface area (Å²) in [7, 11) is 1.75. The Labute approximate surface area is 92.1 Å². The number of carbonyl (C=O) groups excluding carboxylic acids is 1. The molecule has 0 aromatic carbocycles. The average Bonchev–Trinajstić information content (AvgIpc) is 2.77. The lowest BCUT2D eigenvalue weighted by atomic mass is 10.3. The zero-order valence-electron chi connectivity index (χ0n) is 8.76. The van der Waals surface area contributed by atoms with Gasteiger partial charge in [0, 0.05) is 12.6 Å². The maximum atomic E-state index is 11.8. The number of nitrogens with two attached hydrogens (primary N) is 1. The van der Waals surface area contributed by atoms with Gasteiger partial charge in [0.05, 0.1) is 0 Å². The van der Waals surface area contributed by atoms with Gasteiger partial charge in [-0.15, -0.1) is 0 Å². The van der Waals surface area contributed by atoms with Crippen LogP contribution < -0.4 is 16.4 Å². The van der Waals surface area contributed by atoms with Gasteiger partial charge in [0.2, 0.25) is 0 Å². The van der Waals surface area contributed by atoms with Crippen LogP contribution in [0.1, 0.15) is 29.4 Å². The summed E-state index contributed by atoms with van der Waals surface area (Å²) in [6, 6.07) is 0. The number of anilines is 2. The van der Waals surface area contributed by atoms with Gasteiger partial charge in [0.1, 0.15) is 10.7 Å². The molecular formula is C9H14N4OS. The smallest absolute Gasteiger partial charge is 0.265 e. The molecule has 1 saturated carbocycles. The Bertz CT molecular complexity index is 397. The minimum Gasteiger partial charge on any atom is -0.382 e. The molecule has 0 spiro atoms. The van der Waals surface area contributed by atoms with Gasteiger partial charge in [0.15, 0.2) is 5.13 Å². The van der Waals surface area contributed by atoms with Crippen LogP contribution in [0.4, 0.5) is 10.9 Å². The number of hydrogen-bond donors (Lipinski definition) is 3. The molecule has 0 aliphatic heterocycles. The number of amides is 1. The van der Waals surface area contributed by atoms with E-state index in [1.807, 2.05) is 6.92 Å². The molecule has 5 nitrogen and oxygen atoms in total. The third-order valence-electron chi connectivity index (χ3n) is 2.49. The number of nitrogens with zero attached hydrogens (tertiary/aromatic N) is 1. The van der Waals surface area contributed by atoms with Crippen molar-refractivity contribution in [3.8, 4) is 0 Å². The van der Waals surface area contributed by atoms with Crippen LogP contribution in [-0.2, 0) is 0 Å². The van der Waals surface area contributed by atoms with Crippen molar-refractivity contribution in [2.24, 2.45) is 0 Å². The fraction of sp³-hybridized carbons (Fsp3) is 0.556. The zero-order valence-corrected chi connectivity index (χ0v) is 9.57. The molecule has 6 heteroatoms. The van der Waals surface area contributed by atoms with E-state index in [2.05, 4.69) is 15.6 Å². The number of nitrogens with one attached hydrogen (secondary N) is 2. The second kappa shape index (κ2) is 3.37. The maximum absolute atomic E-state index is 11.8. The van der Waals surface area contributed by atoms with E-state index < -0.39 is 0 Å². The molecule has 1 aromatic rings. The monoisotopic (exact) mass is 226 g/mol. The Balaban J connectivity index is 2.13.